The Morgan fingerprint density at radius 2 is 1.44 bits per heavy atom. The number of rotatable bonds is 6. The number of aliphatic hydroxyl groups is 1. The molecule has 0 radical (unpaired) electrons. The summed E-state index contributed by atoms with van der Waals surface area (Å²) in [5.41, 5.74) is -4.72. The van der Waals surface area contributed by atoms with Gasteiger partial charge in [0.15, 0.2) is 6.04 Å². The molecule has 0 aromatic heterocycles. The number of carbonyl (C=O) groups is 1. The van der Waals surface area contributed by atoms with Crippen LogP contribution in [0.25, 0.3) is 0 Å². The second kappa shape index (κ2) is 9.72. The van der Waals surface area contributed by atoms with E-state index in [1.165, 1.54) is 24.3 Å². The minimum atomic E-state index is -5.31. The molecule has 13 heteroatoms. The molecule has 1 aliphatic heterocycles. The van der Waals surface area contributed by atoms with Crippen LogP contribution in [0.3, 0.4) is 0 Å². The average molecular weight is 553 g/mol. The minimum Gasteiger partial charge on any atom is -0.406 e. The number of amides is 2. The van der Waals surface area contributed by atoms with Crippen molar-refractivity contribution in [3.05, 3.63) is 95.2 Å². The number of halogens is 8. The van der Waals surface area contributed by atoms with Crippen molar-refractivity contribution < 1.29 is 41.0 Å². The monoisotopic (exact) mass is 552 g/mol. The van der Waals surface area contributed by atoms with Crippen LogP contribution >= 0.6 is 23.2 Å². The van der Waals surface area contributed by atoms with Crippen LogP contribution in [0, 0.1) is 0 Å². The quantitative estimate of drug-likeness (QED) is 0.234. The molecule has 2 amide bonds. The van der Waals surface area contributed by atoms with Gasteiger partial charge in [0, 0.05) is 27.0 Å². The Balaban J connectivity index is 2.32. The van der Waals surface area contributed by atoms with Gasteiger partial charge in [0.05, 0.1) is 0 Å². The van der Waals surface area contributed by atoms with Crippen LogP contribution in [0.5, 0.6) is 0 Å². The summed E-state index contributed by atoms with van der Waals surface area (Å²) in [7, 11) is 0. The number of anilines is 2. The highest BCUT2D eigenvalue weighted by Gasteiger charge is 2.68. The third-order valence-electron chi connectivity index (χ3n) is 5.09. The molecule has 1 heterocycles. The molecule has 3 rings (SSSR count). The molecule has 0 spiro atoms. The topological polar surface area (TPSA) is 53.0 Å². The molecule has 1 fully saturated rings. The molecule has 2 atom stereocenters. The zero-order valence-electron chi connectivity index (χ0n) is 17.9. The molecule has 36 heavy (non-hydrogen) atoms. The molecule has 2 unspecified atom stereocenters. The van der Waals surface area contributed by atoms with Crippen LogP contribution in [-0.4, -0.2) is 35.4 Å². The number of ether oxygens (including phenoxy) is 1. The number of carbonyl (C=O) groups excluding carboxylic acids is 1. The summed E-state index contributed by atoms with van der Waals surface area (Å²) in [6, 6.07) is 5.15. The number of hydrogen-bond donors (Lipinski definition) is 1. The Kier molecular flexibility index (Phi) is 7.41. The van der Waals surface area contributed by atoms with Crippen molar-refractivity contribution in [2.24, 2.45) is 0 Å². The Morgan fingerprint density at radius 1 is 0.972 bits per heavy atom. The summed E-state index contributed by atoms with van der Waals surface area (Å²) < 4.78 is 85.4. The molecule has 0 bridgehead atoms. The molecule has 0 saturated carbocycles. The van der Waals surface area contributed by atoms with Crippen molar-refractivity contribution in [1.82, 2.24) is 0 Å². The van der Waals surface area contributed by atoms with Crippen LogP contribution in [0.4, 0.5) is 42.5 Å². The van der Waals surface area contributed by atoms with E-state index in [1.807, 2.05) is 0 Å². The highest BCUT2D eigenvalue weighted by Crippen LogP contribution is 2.49. The third-order valence-corrected chi connectivity index (χ3v) is 5.59. The third kappa shape index (κ3) is 5.32. The fraction of sp³-hybridized carbons (Fsp3) is 0.174. The lowest BCUT2D eigenvalue weighted by Crippen LogP contribution is -2.59. The first-order valence-electron chi connectivity index (χ1n) is 9.82. The van der Waals surface area contributed by atoms with Crippen molar-refractivity contribution in [3.8, 4) is 0 Å². The van der Waals surface area contributed by atoms with Gasteiger partial charge in [-0.15, -0.1) is 13.2 Å². The van der Waals surface area contributed by atoms with Gasteiger partial charge in [0.1, 0.15) is 5.76 Å². The zero-order chi connectivity index (χ0) is 27.1. The number of nitrogens with zero attached hydrogens (tertiary/aromatic N) is 2. The lowest BCUT2D eigenvalue weighted by Gasteiger charge is -2.38. The van der Waals surface area contributed by atoms with E-state index in [9.17, 15) is 36.2 Å². The predicted octanol–water partition coefficient (Wildman–Crippen LogP) is 7.22. The number of allylic oxidation sites excluding steroid dienone is 1. The van der Waals surface area contributed by atoms with E-state index in [-0.39, 0.29) is 26.3 Å². The Labute approximate surface area is 211 Å². The van der Waals surface area contributed by atoms with E-state index in [0.717, 1.165) is 24.3 Å². The Morgan fingerprint density at radius 3 is 1.86 bits per heavy atom. The number of hydrogen-bond acceptors (Lipinski definition) is 3. The van der Waals surface area contributed by atoms with Crippen molar-refractivity contribution in [2.45, 2.75) is 24.3 Å². The van der Waals surface area contributed by atoms with Gasteiger partial charge in [-0.2, -0.15) is 13.2 Å². The molecule has 5 nitrogen and oxygen atoms in total. The van der Waals surface area contributed by atoms with Crippen LogP contribution in [0.2, 0.25) is 10.0 Å². The van der Waals surface area contributed by atoms with Crippen LogP contribution < -0.4 is 9.80 Å². The normalized spacial score (nSPS) is 21.1. The van der Waals surface area contributed by atoms with E-state index in [0.29, 0.717) is 17.1 Å². The van der Waals surface area contributed by atoms with Gasteiger partial charge in [0.25, 0.3) is 0 Å². The van der Waals surface area contributed by atoms with Crippen LogP contribution in [0.15, 0.2) is 85.2 Å². The van der Waals surface area contributed by atoms with E-state index in [1.54, 1.807) is 0 Å². The minimum absolute atomic E-state index is 0.158. The van der Waals surface area contributed by atoms with E-state index in [4.69, 9.17) is 23.2 Å². The standard InChI is InChI=1S/C23H16Cl2F6N2O3/c1-3-14(12-13(2)36-23(29,30)31)21(35)19(22(26,27)28)32(17-8-4-15(24)5-9-17)20(34)33(21)18-10-6-16(25)7-11-18/h3-12,19,35H,1-2H2/b14-12+. The van der Waals surface area contributed by atoms with Crippen molar-refractivity contribution in [1.29, 1.82) is 0 Å². The van der Waals surface area contributed by atoms with E-state index < -0.39 is 41.7 Å². The maximum atomic E-state index is 14.6. The van der Waals surface area contributed by atoms with E-state index in [2.05, 4.69) is 17.9 Å². The van der Waals surface area contributed by atoms with E-state index >= 15 is 0 Å². The first-order chi connectivity index (χ1) is 16.6. The maximum Gasteiger partial charge on any atom is 0.573 e. The van der Waals surface area contributed by atoms with Gasteiger partial charge < -0.3 is 9.84 Å². The average Bonchev–Trinajstić information content (AvgIpc) is 3.00. The molecular formula is C23H16Cl2F6N2O3. The molecule has 1 saturated heterocycles. The fourth-order valence-electron chi connectivity index (χ4n) is 3.75. The molecule has 2 aromatic carbocycles. The number of benzene rings is 2. The van der Waals surface area contributed by atoms with Gasteiger partial charge in [0.2, 0.25) is 5.72 Å². The van der Waals surface area contributed by atoms with Crippen molar-refractivity contribution in [2.75, 3.05) is 9.80 Å². The summed E-state index contributed by atoms with van der Waals surface area (Å²) in [6.45, 7) is 6.35. The fourth-order valence-corrected chi connectivity index (χ4v) is 4.01. The summed E-state index contributed by atoms with van der Waals surface area (Å²) in [5.74, 6) is -1.15. The van der Waals surface area contributed by atoms with Gasteiger partial charge in [-0.25, -0.2) is 4.79 Å². The summed E-state index contributed by atoms with van der Waals surface area (Å²) in [4.78, 5) is 14.2. The van der Waals surface area contributed by atoms with Crippen LogP contribution in [0.1, 0.15) is 0 Å². The molecule has 0 aliphatic carbocycles. The molecule has 1 N–H and O–H groups in total. The maximum absolute atomic E-state index is 14.6. The molecule has 1 aliphatic rings. The summed E-state index contributed by atoms with van der Waals surface area (Å²) in [6.07, 6.45) is -9.44. The summed E-state index contributed by atoms with van der Waals surface area (Å²) >= 11 is 11.7. The molecule has 192 valence electrons. The first kappa shape index (κ1) is 27.4. The summed E-state index contributed by atoms with van der Waals surface area (Å²) in [5, 5.41) is 12.0. The number of urea groups is 1. The van der Waals surface area contributed by atoms with Gasteiger partial charge in [-0.05, 0) is 54.6 Å². The lowest BCUT2D eigenvalue weighted by atomic mass is 9.92. The highest BCUT2D eigenvalue weighted by molar-refractivity contribution is 6.31. The van der Waals surface area contributed by atoms with Crippen molar-refractivity contribution >= 4 is 40.6 Å². The SMILES string of the molecule is C=C/C(=C\C(=C)OC(F)(F)F)C1(O)C(C(F)(F)F)N(c2ccc(Cl)cc2)C(=O)N1c1ccc(Cl)cc1. The highest BCUT2D eigenvalue weighted by atomic mass is 35.5. The predicted molar refractivity (Wildman–Crippen MR) is 123 cm³/mol. The Hall–Kier alpha value is -3.15. The Bertz CT molecular complexity index is 1200. The van der Waals surface area contributed by atoms with Crippen LogP contribution in [-0.2, 0) is 4.74 Å². The zero-order valence-corrected chi connectivity index (χ0v) is 19.5. The molecular weight excluding hydrogens is 537 g/mol. The largest absolute Gasteiger partial charge is 0.573 e. The lowest BCUT2D eigenvalue weighted by molar-refractivity contribution is -0.303. The first-order valence-corrected chi connectivity index (χ1v) is 10.6. The second-order valence-corrected chi connectivity index (χ2v) is 8.30. The smallest absolute Gasteiger partial charge is 0.406 e. The van der Waals surface area contributed by atoms with Crippen molar-refractivity contribution in [3.63, 3.8) is 0 Å². The second-order valence-electron chi connectivity index (χ2n) is 7.43. The number of alkyl halides is 6. The van der Waals surface area contributed by atoms with Gasteiger partial charge in [-0.3, -0.25) is 9.80 Å². The molecule has 2 aromatic rings. The van der Waals surface area contributed by atoms with Gasteiger partial charge in [-0.1, -0.05) is 42.4 Å². The van der Waals surface area contributed by atoms with Gasteiger partial charge >= 0.3 is 18.6 Å².